The Labute approximate surface area is 78.9 Å². The van der Waals surface area contributed by atoms with Crippen LogP contribution in [0.3, 0.4) is 0 Å². The van der Waals surface area contributed by atoms with E-state index in [0.717, 1.165) is 12.2 Å². The van der Waals surface area contributed by atoms with E-state index in [4.69, 9.17) is 5.73 Å². The molecule has 12 heavy (non-hydrogen) atoms. The molecule has 2 unspecified atom stereocenters. The number of rotatable bonds is 3. The predicted molar refractivity (Wildman–Crippen MR) is 54.3 cm³/mol. The van der Waals surface area contributed by atoms with Gasteiger partial charge < -0.3 is 10.8 Å². The summed E-state index contributed by atoms with van der Waals surface area (Å²) in [4.78, 5) is 0. The molecule has 0 radical (unpaired) electrons. The molecule has 3 heteroatoms. The average molecular weight is 189 g/mol. The van der Waals surface area contributed by atoms with Crippen molar-refractivity contribution >= 4 is 11.8 Å². The zero-order chi connectivity index (χ0) is 9.03. The summed E-state index contributed by atoms with van der Waals surface area (Å²) in [6, 6.07) is 0. The van der Waals surface area contributed by atoms with Crippen LogP contribution in [-0.4, -0.2) is 28.8 Å². The number of aliphatic hydroxyl groups is 1. The summed E-state index contributed by atoms with van der Waals surface area (Å²) in [7, 11) is 0. The quantitative estimate of drug-likeness (QED) is 0.702. The maximum absolute atomic E-state index is 9.20. The standard InChI is InChI=1S/C9H19NOS/c1-2-9(10,7-11)8-4-3-5-12-6-8/h8,11H,2-7,10H2,1H3. The fraction of sp³-hybridized carbons (Fsp3) is 1.00. The molecule has 2 atom stereocenters. The molecule has 0 aromatic carbocycles. The van der Waals surface area contributed by atoms with Gasteiger partial charge in [0, 0.05) is 5.54 Å². The second-order valence-electron chi connectivity index (χ2n) is 3.66. The molecular formula is C9H19NOS. The molecule has 1 fully saturated rings. The van der Waals surface area contributed by atoms with E-state index in [1.165, 1.54) is 18.6 Å². The first-order chi connectivity index (χ1) is 5.73. The minimum atomic E-state index is -0.312. The van der Waals surface area contributed by atoms with Gasteiger partial charge >= 0.3 is 0 Å². The minimum absolute atomic E-state index is 0.134. The number of hydrogen-bond donors (Lipinski definition) is 2. The molecule has 0 aromatic rings. The average Bonchev–Trinajstić information content (AvgIpc) is 2.18. The summed E-state index contributed by atoms with van der Waals surface area (Å²) in [5.74, 6) is 2.92. The summed E-state index contributed by atoms with van der Waals surface area (Å²) in [6.07, 6.45) is 3.33. The lowest BCUT2D eigenvalue weighted by atomic mass is 9.81. The highest BCUT2D eigenvalue weighted by Gasteiger charge is 2.33. The Hall–Kier alpha value is 0.270. The smallest absolute Gasteiger partial charge is 0.0614 e. The Morgan fingerprint density at radius 2 is 2.42 bits per heavy atom. The largest absolute Gasteiger partial charge is 0.394 e. The number of hydrogen-bond acceptors (Lipinski definition) is 3. The zero-order valence-electron chi connectivity index (χ0n) is 7.75. The maximum Gasteiger partial charge on any atom is 0.0614 e. The third-order valence-corrected chi connectivity index (χ3v) is 4.14. The molecule has 0 aromatic heterocycles. The predicted octanol–water partition coefficient (Wildman–Crippen LogP) is 1.23. The molecule has 0 bridgehead atoms. The van der Waals surface area contributed by atoms with Crippen LogP contribution in [0.25, 0.3) is 0 Å². The molecule has 1 saturated heterocycles. The lowest BCUT2D eigenvalue weighted by Gasteiger charge is -2.37. The molecule has 3 N–H and O–H groups in total. The molecule has 0 amide bonds. The van der Waals surface area contributed by atoms with E-state index >= 15 is 0 Å². The Morgan fingerprint density at radius 3 is 2.83 bits per heavy atom. The van der Waals surface area contributed by atoms with E-state index in [2.05, 4.69) is 6.92 Å². The highest BCUT2D eigenvalue weighted by Crippen LogP contribution is 2.31. The first-order valence-electron chi connectivity index (χ1n) is 4.70. The molecule has 1 heterocycles. The molecule has 0 saturated carbocycles. The van der Waals surface area contributed by atoms with Crippen LogP contribution >= 0.6 is 11.8 Å². The first kappa shape index (κ1) is 10.4. The molecule has 1 aliphatic rings. The van der Waals surface area contributed by atoms with Gasteiger partial charge in [0.25, 0.3) is 0 Å². The van der Waals surface area contributed by atoms with Crippen LogP contribution in [0.2, 0.25) is 0 Å². The third-order valence-electron chi connectivity index (χ3n) is 2.93. The van der Waals surface area contributed by atoms with Crippen LogP contribution in [0.1, 0.15) is 26.2 Å². The Morgan fingerprint density at radius 1 is 1.67 bits per heavy atom. The molecule has 0 spiro atoms. The van der Waals surface area contributed by atoms with Crippen molar-refractivity contribution in [3.05, 3.63) is 0 Å². The van der Waals surface area contributed by atoms with Crippen LogP contribution in [0, 0.1) is 5.92 Å². The second kappa shape index (κ2) is 4.49. The second-order valence-corrected chi connectivity index (χ2v) is 4.81. The summed E-state index contributed by atoms with van der Waals surface area (Å²) in [5, 5.41) is 9.20. The van der Waals surface area contributed by atoms with Crippen molar-refractivity contribution in [3.8, 4) is 0 Å². The summed E-state index contributed by atoms with van der Waals surface area (Å²) in [5.41, 5.74) is 5.80. The topological polar surface area (TPSA) is 46.2 Å². The molecular weight excluding hydrogens is 170 g/mol. The summed E-state index contributed by atoms with van der Waals surface area (Å²) in [6.45, 7) is 2.20. The van der Waals surface area contributed by atoms with Gasteiger partial charge in [-0.1, -0.05) is 6.92 Å². The van der Waals surface area contributed by atoms with Gasteiger partial charge in [-0.25, -0.2) is 0 Å². The van der Waals surface area contributed by atoms with Crippen LogP contribution in [0.15, 0.2) is 0 Å². The van der Waals surface area contributed by atoms with E-state index < -0.39 is 0 Å². The van der Waals surface area contributed by atoms with Crippen LogP contribution < -0.4 is 5.73 Å². The van der Waals surface area contributed by atoms with Crippen LogP contribution in [-0.2, 0) is 0 Å². The molecule has 72 valence electrons. The van der Waals surface area contributed by atoms with Crippen molar-refractivity contribution in [1.82, 2.24) is 0 Å². The highest BCUT2D eigenvalue weighted by atomic mass is 32.2. The van der Waals surface area contributed by atoms with Crippen molar-refractivity contribution in [1.29, 1.82) is 0 Å². The zero-order valence-corrected chi connectivity index (χ0v) is 8.57. The third kappa shape index (κ3) is 2.15. The van der Waals surface area contributed by atoms with Gasteiger partial charge in [-0.3, -0.25) is 0 Å². The van der Waals surface area contributed by atoms with Gasteiger partial charge in [0.1, 0.15) is 0 Å². The van der Waals surface area contributed by atoms with Crippen LogP contribution in [0.5, 0.6) is 0 Å². The number of nitrogens with two attached hydrogens (primary N) is 1. The van der Waals surface area contributed by atoms with E-state index in [9.17, 15) is 5.11 Å². The van der Waals surface area contributed by atoms with E-state index in [-0.39, 0.29) is 12.1 Å². The van der Waals surface area contributed by atoms with Gasteiger partial charge in [0.15, 0.2) is 0 Å². The van der Waals surface area contributed by atoms with Crippen molar-refractivity contribution in [2.45, 2.75) is 31.7 Å². The van der Waals surface area contributed by atoms with Gasteiger partial charge in [0.2, 0.25) is 0 Å². The lowest BCUT2D eigenvalue weighted by Crippen LogP contribution is -2.51. The van der Waals surface area contributed by atoms with Gasteiger partial charge in [-0.05, 0) is 36.7 Å². The first-order valence-corrected chi connectivity index (χ1v) is 5.86. The van der Waals surface area contributed by atoms with E-state index in [0.29, 0.717) is 5.92 Å². The maximum atomic E-state index is 9.20. The van der Waals surface area contributed by atoms with Crippen LogP contribution in [0.4, 0.5) is 0 Å². The Balaban J connectivity index is 2.51. The monoisotopic (exact) mass is 189 g/mol. The fourth-order valence-electron chi connectivity index (χ4n) is 1.72. The van der Waals surface area contributed by atoms with Gasteiger partial charge in [-0.15, -0.1) is 0 Å². The number of thioether (sulfide) groups is 1. The molecule has 0 aliphatic carbocycles. The molecule has 2 nitrogen and oxygen atoms in total. The SMILES string of the molecule is CCC(N)(CO)C1CCCSC1. The highest BCUT2D eigenvalue weighted by molar-refractivity contribution is 7.99. The van der Waals surface area contributed by atoms with Crippen molar-refractivity contribution < 1.29 is 5.11 Å². The van der Waals surface area contributed by atoms with E-state index in [1.54, 1.807) is 0 Å². The molecule has 1 rings (SSSR count). The van der Waals surface area contributed by atoms with Crippen molar-refractivity contribution in [2.75, 3.05) is 18.1 Å². The Bertz CT molecular complexity index is 130. The minimum Gasteiger partial charge on any atom is -0.394 e. The van der Waals surface area contributed by atoms with Gasteiger partial charge in [0.05, 0.1) is 6.61 Å². The number of aliphatic hydroxyl groups excluding tert-OH is 1. The molecule has 1 aliphatic heterocycles. The van der Waals surface area contributed by atoms with Gasteiger partial charge in [-0.2, -0.15) is 11.8 Å². The lowest BCUT2D eigenvalue weighted by molar-refractivity contribution is 0.138. The Kier molecular flexibility index (Phi) is 3.87. The fourth-order valence-corrected chi connectivity index (χ4v) is 3.04. The van der Waals surface area contributed by atoms with Crippen molar-refractivity contribution in [2.24, 2.45) is 11.7 Å². The summed E-state index contributed by atoms with van der Waals surface area (Å²) >= 11 is 1.97. The van der Waals surface area contributed by atoms with Crippen molar-refractivity contribution in [3.63, 3.8) is 0 Å². The van der Waals surface area contributed by atoms with E-state index in [1.807, 2.05) is 11.8 Å². The summed E-state index contributed by atoms with van der Waals surface area (Å²) < 4.78 is 0. The normalized spacial score (nSPS) is 29.8.